The predicted octanol–water partition coefficient (Wildman–Crippen LogP) is 2.35. The fourth-order valence-corrected chi connectivity index (χ4v) is 1.59. The molecule has 0 atom stereocenters. The molecule has 0 radical (unpaired) electrons. The topological polar surface area (TPSA) is 54.0 Å². The quantitative estimate of drug-likeness (QED) is 0.826. The third-order valence-corrected chi connectivity index (χ3v) is 2.42. The molecule has 4 nitrogen and oxygen atoms in total. The van der Waals surface area contributed by atoms with Crippen molar-refractivity contribution in [2.24, 2.45) is 0 Å². The Morgan fingerprint density at radius 1 is 1.21 bits per heavy atom. The molecule has 1 amide bonds. The number of halogens is 1. The van der Waals surface area contributed by atoms with Crippen molar-refractivity contribution in [3.8, 4) is 0 Å². The fourth-order valence-electron chi connectivity index (χ4n) is 1.39. The maximum atomic E-state index is 13.0. The summed E-state index contributed by atoms with van der Waals surface area (Å²) in [5.41, 5.74) is 0.199. The Labute approximate surface area is 114 Å². The van der Waals surface area contributed by atoms with Gasteiger partial charge in [-0.1, -0.05) is 12.1 Å². The molecular formula is C13H10FN3OS. The highest BCUT2D eigenvalue weighted by molar-refractivity contribution is 7.80. The Kier molecular flexibility index (Phi) is 4.15. The van der Waals surface area contributed by atoms with Crippen LogP contribution in [0.3, 0.4) is 0 Å². The van der Waals surface area contributed by atoms with Gasteiger partial charge in [-0.05, 0) is 42.5 Å². The van der Waals surface area contributed by atoms with E-state index in [2.05, 4.69) is 15.6 Å². The van der Waals surface area contributed by atoms with E-state index < -0.39 is 11.7 Å². The lowest BCUT2D eigenvalue weighted by Crippen LogP contribution is -2.34. The second kappa shape index (κ2) is 6.01. The number of thiocarbonyl (C=S) groups is 1. The minimum absolute atomic E-state index is 0.105. The Bertz CT molecular complexity index is 604. The molecule has 2 aromatic rings. The minimum atomic E-state index is -0.479. The van der Waals surface area contributed by atoms with Gasteiger partial charge < -0.3 is 5.32 Å². The first kappa shape index (κ1) is 13.1. The molecule has 0 aliphatic heterocycles. The average Bonchev–Trinajstić information content (AvgIpc) is 2.39. The van der Waals surface area contributed by atoms with Crippen molar-refractivity contribution in [3.05, 3.63) is 60.0 Å². The van der Waals surface area contributed by atoms with Crippen molar-refractivity contribution in [2.45, 2.75) is 0 Å². The van der Waals surface area contributed by atoms with Gasteiger partial charge in [0.15, 0.2) is 5.11 Å². The summed E-state index contributed by atoms with van der Waals surface area (Å²) in [5, 5.41) is 5.30. The monoisotopic (exact) mass is 275 g/mol. The molecule has 0 unspecified atom stereocenters. The number of carbonyl (C=O) groups excluding carboxylic acids is 1. The van der Waals surface area contributed by atoms with Gasteiger partial charge in [0.2, 0.25) is 0 Å². The van der Waals surface area contributed by atoms with Crippen LogP contribution in [-0.2, 0) is 0 Å². The molecule has 0 fully saturated rings. The van der Waals surface area contributed by atoms with Gasteiger partial charge >= 0.3 is 0 Å². The number of benzene rings is 1. The summed E-state index contributed by atoms with van der Waals surface area (Å²) in [6.45, 7) is 0. The van der Waals surface area contributed by atoms with Crippen LogP contribution in [0.1, 0.15) is 10.4 Å². The van der Waals surface area contributed by atoms with Gasteiger partial charge in [-0.2, -0.15) is 0 Å². The van der Waals surface area contributed by atoms with Gasteiger partial charge in [0.1, 0.15) is 11.6 Å². The maximum Gasteiger partial charge on any atom is 0.257 e. The van der Waals surface area contributed by atoms with Crippen LogP contribution in [-0.4, -0.2) is 16.0 Å². The van der Waals surface area contributed by atoms with Crippen LogP contribution < -0.4 is 10.6 Å². The Morgan fingerprint density at radius 2 is 2.05 bits per heavy atom. The zero-order chi connectivity index (χ0) is 13.7. The molecule has 6 heteroatoms. The van der Waals surface area contributed by atoms with Gasteiger partial charge in [0, 0.05) is 11.8 Å². The second-order valence-corrected chi connectivity index (χ2v) is 4.04. The second-order valence-electron chi connectivity index (χ2n) is 3.63. The van der Waals surface area contributed by atoms with E-state index in [9.17, 15) is 9.18 Å². The average molecular weight is 275 g/mol. The van der Waals surface area contributed by atoms with E-state index in [4.69, 9.17) is 12.2 Å². The fraction of sp³-hybridized carbons (Fsp3) is 0. The zero-order valence-electron chi connectivity index (χ0n) is 9.76. The van der Waals surface area contributed by atoms with Crippen LogP contribution in [0.15, 0.2) is 48.7 Å². The van der Waals surface area contributed by atoms with E-state index in [-0.39, 0.29) is 10.7 Å². The number of anilines is 1. The first-order valence-electron chi connectivity index (χ1n) is 5.44. The number of hydrogen-bond acceptors (Lipinski definition) is 3. The van der Waals surface area contributed by atoms with Gasteiger partial charge in [-0.25, -0.2) is 9.37 Å². The normalized spacial score (nSPS) is 9.74. The summed E-state index contributed by atoms with van der Waals surface area (Å²) < 4.78 is 13.0. The summed E-state index contributed by atoms with van der Waals surface area (Å²) in [4.78, 5) is 15.8. The lowest BCUT2D eigenvalue weighted by atomic mass is 10.2. The number of amides is 1. The standard InChI is InChI=1S/C13H10FN3OS/c14-10-5-3-4-9(8-10)12(18)17-13(19)16-11-6-1-2-7-15-11/h1-8H,(H2,15,16,17,18,19). The molecule has 2 N–H and O–H groups in total. The van der Waals surface area contributed by atoms with E-state index in [1.165, 1.54) is 18.2 Å². The molecule has 0 saturated heterocycles. The van der Waals surface area contributed by atoms with Gasteiger partial charge in [0.05, 0.1) is 0 Å². The van der Waals surface area contributed by atoms with Crippen molar-refractivity contribution in [1.29, 1.82) is 0 Å². The van der Waals surface area contributed by atoms with Crippen LogP contribution in [0.5, 0.6) is 0 Å². The minimum Gasteiger partial charge on any atom is -0.317 e. The Morgan fingerprint density at radius 3 is 2.74 bits per heavy atom. The van der Waals surface area contributed by atoms with E-state index in [0.29, 0.717) is 5.82 Å². The molecule has 96 valence electrons. The molecule has 0 aliphatic carbocycles. The summed E-state index contributed by atoms with van der Waals surface area (Å²) in [6, 6.07) is 10.6. The molecule has 0 aliphatic rings. The lowest BCUT2D eigenvalue weighted by molar-refractivity contribution is 0.0977. The predicted molar refractivity (Wildman–Crippen MR) is 74.3 cm³/mol. The van der Waals surface area contributed by atoms with Gasteiger partial charge in [-0.15, -0.1) is 0 Å². The SMILES string of the molecule is O=C(NC(=S)Nc1ccccn1)c1cccc(F)c1. The molecule has 1 heterocycles. The van der Waals surface area contributed by atoms with E-state index in [1.807, 2.05) is 0 Å². The van der Waals surface area contributed by atoms with Crippen LogP contribution in [0.2, 0.25) is 0 Å². The number of carbonyl (C=O) groups is 1. The Hall–Kier alpha value is -2.34. The maximum absolute atomic E-state index is 13.0. The molecule has 0 saturated carbocycles. The first-order valence-corrected chi connectivity index (χ1v) is 5.85. The number of hydrogen-bond donors (Lipinski definition) is 2. The Balaban J connectivity index is 1.98. The molecule has 1 aromatic carbocycles. The van der Waals surface area contributed by atoms with Crippen molar-refractivity contribution >= 4 is 29.1 Å². The number of aromatic nitrogens is 1. The zero-order valence-corrected chi connectivity index (χ0v) is 10.6. The highest BCUT2D eigenvalue weighted by Gasteiger charge is 2.08. The van der Waals surface area contributed by atoms with E-state index in [1.54, 1.807) is 24.4 Å². The summed E-state index contributed by atoms with van der Waals surface area (Å²) in [7, 11) is 0. The number of nitrogens with one attached hydrogen (secondary N) is 2. The molecule has 1 aromatic heterocycles. The number of nitrogens with zero attached hydrogens (tertiary/aromatic N) is 1. The first-order chi connectivity index (χ1) is 9.15. The summed E-state index contributed by atoms with van der Waals surface area (Å²) in [6.07, 6.45) is 1.60. The van der Waals surface area contributed by atoms with E-state index >= 15 is 0 Å². The van der Waals surface area contributed by atoms with Crippen molar-refractivity contribution in [1.82, 2.24) is 10.3 Å². The van der Waals surface area contributed by atoms with E-state index in [0.717, 1.165) is 6.07 Å². The summed E-state index contributed by atoms with van der Waals surface area (Å²) >= 11 is 4.97. The highest BCUT2D eigenvalue weighted by atomic mass is 32.1. The van der Waals surface area contributed by atoms with Crippen LogP contribution in [0.4, 0.5) is 10.2 Å². The third-order valence-electron chi connectivity index (χ3n) is 2.22. The largest absolute Gasteiger partial charge is 0.317 e. The third kappa shape index (κ3) is 3.82. The van der Waals surface area contributed by atoms with Crippen LogP contribution in [0, 0.1) is 5.82 Å². The van der Waals surface area contributed by atoms with Gasteiger partial charge in [0.25, 0.3) is 5.91 Å². The van der Waals surface area contributed by atoms with Crippen LogP contribution >= 0.6 is 12.2 Å². The van der Waals surface area contributed by atoms with Crippen molar-refractivity contribution in [3.63, 3.8) is 0 Å². The number of rotatable bonds is 2. The lowest BCUT2D eigenvalue weighted by Gasteiger charge is -2.08. The van der Waals surface area contributed by atoms with Gasteiger partial charge in [-0.3, -0.25) is 10.1 Å². The number of pyridine rings is 1. The molecule has 19 heavy (non-hydrogen) atoms. The van der Waals surface area contributed by atoms with Crippen molar-refractivity contribution in [2.75, 3.05) is 5.32 Å². The summed E-state index contributed by atoms with van der Waals surface area (Å²) in [5.74, 6) is -0.434. The molecule has 2 rings (SSSR count). The molecular weight excluding hydrogens is 265 g/mol. The molecule has 0 bridgehead atoms. The smallest absolute Gasteiger partial charge is 0.257 e. The van der Waals surface area contributed by atoms with Crippen molar-refractivity contribution < 1.29 is 9.18 Å². The molecule has 0 spiro atoms. The van der Waals surface area contributed by atoms with Crippen LogP contribution in [0.25, 0.3) is 0 Å². The highest BCUT2D eigenvalue weighted by Crippen LogP contribution is 2.04.